The number of carbonyl (C=O) groups excluding carboxylic acids is 1. The number of hydrogen-bond donors (Lipinski definition) is 1. The molecule has 0 saturated carbocycles. The fraction of sp³-hybridized carbons (Fsp3) is 0.353. The number of carbonyl (C=O) groups is 1. The molecule has 1 aromatic heterocycles. The molecule has 6 heteroatoms. The molecular formula is C17H20N2O3S. The Balaban J connectivity index is 1.66. The highest BCUT2D eigenvalue weighted by Crippen LogP contribution is 2.30. The second-order valence-electron chi connectivity index (χ2n) is 5.49. The maximum Gasteiger partial charge on any atom is 0.252 e. The normalized spacial score (nSPS) is 17.1. The second-order valence-corrected chi connectivity index (χ2v) is 6.27. The second kappa shape index (κ2) is 6.91. The van der Waals surface area contributed by atoms with E-state index in [2.05, 4.69) is 10.2 Å². The van der Waals surface area contributed by atoms with Gasteiger partial charge in [0, 0.05) is 54.0 Å². The van der Waals surface area contributed by atoms with Gasteiger partial charge in [-0.25, -0.2) is 0 Å². The summed E-state index contributed by atoms with van der Waals surface area (Å²) in [5.74, 6) is 1.54. The number of ether oxygens (including phenoxy) is 2. The lowest BCUT2D eigenvalue weighted by Crippen LogP contribution is -2.36. The van der Waals surface area contributed by atoms with E-state index in [-0.39, 0.29) is 11.9 Å². The molecule has 1 aliphatic heterocycles. The van der Waals surface area contributed by atoms with Crippen molar-refractivity contribution in [2.24, 2.45) is 0 Å². The zero-order valence-electron chi connectivity index (χ0n) is 13.2. The fourth-order valence-electron chi connectivity index (χ4n) is 2.75. The zero-order chi connectivity index (χ0) is 16.2. The largest absolute Gasteiger partial charge is 0.497 e. The third kappa shape index (κ3) is 3.59. The molecule has 122 valence electrons. The van der Waals surface area contributed by atoms with Crippen LogP contribution in [0.5, 0.6) is 11.5 Å². The Morgan fingerprint density at radius 3 is 2.61 bits per heavy atom. The molecule has 5 nitrogen and oxygen atoms in total. The van der Waals surface area contributed by atoms with Crippen LogP contribution in [0, 0.1) is 0 Å². The van der Waals surface area contributed by atoms with E-state index in [1.165, 1.54) is 11.3 Å². The third-order valence-electron chi connectivity index (χ3n) is 4.01. The van der Waals surface area contributed by atoms with Gasteiger partial charge in [0.15, 0.2) is 0 Å². The molecule has 0 unspecified atom stereocenters. The van der Waals surface area contributed by atoms with E-state index in [1.54, 1.807) is 14.2 Å². The van der Waals surface area contributed by atoms with E-state index in [1.807, 2.05) is 35.0 Å². The quantitative estimate of drug-likeness (QED) is 0.915. The monoisotopic (exact) mass is 332 g/mol. The average molecular weight is 332 g/mol. The Hall–Kier alpha value is -2.21. The van der Waals surface area contributed by atoms with Crippen LogP contribution < -0.4 is 19.7 Å². The number of anilines is 1. The summed E-state index contributed by atoms with van der Waals surface area (Å²) >= 11 is 1.53. The summed E-state index contributed by atoms with van der Waals surface area (Å²) in [6, 6.07) is 7.84. The van der Waals surface area contributed by atoms with E-state index >= 15 is 0 Å². The minimum Gasteiger partial charge on any atom is -0.497 e. The molecule has 1 atom stereocenters. The Kier molecular flexibility index (Phi) is 4.71. The molecule has 0 bridgehead atoms. The van der Waals surface area contributed by atoms with Gasteiger partial charge in [-0.15, -0.1) is 0 Å². The van der Waals surface area contributed by atoms with Crippen LogP contribution in [0.1, 0.15) is 16.8 Å². The van der Waals surface area contributed by atoms with Crippen molar-refractivity contribution in [2.45, 2.75) is 12.5 Å². The molecule has 3 rings (SSSR count). The standard InChI is InChI=1S/C17H20N2O3S/c1-21-15-7-14(8-16(9-15)22-2)19-5-3-13(10-19)18-17(20)12-4-6-23-11-12/h4,6-9,11,13H,3,5,10H2,1-2H3,(H,18,20)/t13-/m1/s1. The Bertz CT molecular complexity index is 650. The van der Waals surface area contributed by atoms with E-state index in [0.717, 1.165) is 42.3 Å². The molecule has 2 aromatic rings. The van der Waals surface area contributed by atoms with Crippen LogP contribution >= 0.6 is 11.3 Å². The number of nitrogens with one attached hydrogen (secondary N) is 1. The third-order valence-corrected chi connectivity index (χ3v) is 4.69. The lowest BCUT2D eigenvalue weighted by molar-refractivity contribution is 0.0941. The van der Waals surface area contributed by atoms with Gasteiger partial charge in [-0.2, -0.15) is 11.3 Å². The van der Waals surface area contributed by atoms with Crippen molar-refractivity contribution in [1.29, 1.82) is 0 Å². The number of methoxy groups -OCH3 is 2. The maximum atomic E-state index is 12.1. The SMILES string of the molecule is COc1cc(OC)cc(N2CC[C@@H](NC(=O)c3ccsc3)C2)c1. The minimum atomic E-state index is 0.00122. The van der Waals surface area contributed by atoms with Crippen LogP contribution in [-0.2, 0) is 0 Å². The van der Waals surface area contributed by atoms with Gasteiger partial charge in [0.05, 0.1) is 14.2 Å². The molecule has 0 radical (unpaired) electrons. The highest BCUT2D eigenvalue weighted by atomic mass is 32.1. The van der Waals surface area contributed by atoms with Crippen LogP contribution in [0.3, 0.4) is 0 Å². The van der Waals surface area contributed by atoms with Crippen molar-refractivity contribution in [1.82, 2.24) is 5.32 Å². The van der Waals surface area contributed by atoms with Gasteiger partial charge in [0.25, 0.3) is 5.91 Å². The zero-order valence-corrected chi connectivity index (χ0v) is 14.1. The number of nitrogens with zero attached hydrogens (tertiary/aromatic N) is 1. The van der Waals surface area contributed by atoms with E-state index in [4.69, 9.17) is 9.47 Å². The van der Waals surface area contributed by atoms with Gasteiger partial charge < -0.3 is 19.7 Å². The van der Waals surface area contributed by atoms with Gasteiger partial charge in [-0.1, -0.05) is 0 Å². The van der Waals surface area contributed by atoms with Crippen LogP contribution in [0.4, 0.5) is 5.69 Å². The maximum absolute atomic E-state index is 12.1. The number of amides is 1. The van der Waals surface area contributed by atoms with Gasteiger partial charge in [-0.05, 0) is 17.9 Å². The lowest BCUT2D eigenvalue weighted by atomic mass is 10.2. The highest BCUT2D eigenvalue weighted by Gasteiger charge is 2.25. The highest BCUT2D eigenvalue weighted by molar-refractivity contribution is 7.08. The summed E-state index contributed by atoms with van der Waals surface area (Å²) in [5, 5.41) is 6.89. The van der Waals surface area contributed by atoms with Gasteiger partial charge >= 0.3 is 0 Å². The number of rotatable bonds is 5. The average Bonchev–Trinajstić information content (AvgIpc) is 3.26. The summed E-state index contributed by atoms with van der Waals surface area (Å²) in [5.41, 5.74) is 1.78. The van der Waals surface area contributed by atoms with Crippen LogP contribution in [0.15, 0.2) is 35.0 Å². The molecule has 1 saturated heterocycles. The van der Waals surface area contributed by atoms with Gasteiger partial charge in [0.2, 0.25) is 0 Å². The van der Waals surface area contributed by atoms with Gasteiger partial charge in [-0.3, -0.25) is 4.79 Å². The summed E-state index contributed by atoms with van der Waals surface area (Å²) in [6.45, 7) is 1.68. The smallest absolute Gasteiger partial charge is 0.252 e. The van der Waals surface area contributed by atoms with E-state index < -0.39 is 0 Å². The van der Waals surface area contributed by atoms with Crippen LogP contribution in [-0.4, -0.2) is 39.3 Å². The molecule has 0 spiro atoms. The summed E-state index contributed by atoms with van der Waals surface area (Å²) in [6.07, 6.45) is 0.926. The summed E-state index contributed by atoms with van der Waals surface area (Å²) in [7, 11) is 3.29. The number of thiophene rings is 1. The fourth-order valence-corrected chi connectivity index (χ4v) is 3.39. The first-order chi connectivity index (χ1) is 11.2. The molecule has 0 aliphatic carbocycles. The van der Waals surface area contributed by atoms with E-state index in [9.17, 15) is 4.79 Å². The molecule has 1 fully saturated rings. The van der Waals surface area contributed by atoms with Crippen molar-refractivity contribution < 1.29 is 14.3 Å². The topological polar surface area (TPSA) is 50.8 Å². The van der Waals surface area contributed by atoms with Crippen molar-refractivity contribution in [3.63, 3.8) is 0 Å². The molecular weight excluding hydrogens is 312 g/mol. The number of benzene rings is 1. The molecule has 1 aliphatic rings. The first-order valence-corrected chi connectivity index (χ1v) is 8.45. The Labute approximate surface area is 139 Å². The predicted octanol–water partition coefficient (Wildman–Crippen LogP) is 2.77. The van der Waals surface area contributed by atoms with Crippen LogP contribution in [0.2, 0.25) is 0 Å². The first-order valence-electron chi connectivity index (χ1n) is 7.50. The predicted molar refractivity (Wildman–Crippen MR) is 91.9 cm³/mol. The Morgan fingerprint density at radius 2 is 2.00 bits per heavy atom. The Morgan fingerprint density at radius 1 is 1.26 bits per heavy atom. The van der Waals surface area contributed by atoms with Crippen molar-refractivity contribution in [2.75, 3.05) is 32.2 Å². The van der Waals surface area contributed by atoms with Crippen molar-refractivity contribution in [3.05, 3.63) is 40.6 Å². The molecule has 1 N–H and O–H groups in total. The van der Waals surface area contributed by atoms with Crippen LogP contribution in [0.25, 0.3) is 0 Å². The molecule has 1 amide bonds. The van der Waals surface area contributed by atoms with Crippen molar-refractivity contribution in [3.8, 4) is 11.5 Å². The van der Waals surface area contributed by atoms with Crippen molar-refractivity contribution >= 4 is 22.9 Å². The molecule has 1 aromatic carbocycles. The summed E-state index contributed by atoms with van der Waals surface area (Å²) in [4.78, 5) is 14.4. The lowest BCUT2D eigenvalue weighted by Gasteiger charge is -2.20. The first kappa shape index (κ1) is 15.7. The minimum absolute atomic E-state index is 0.00122. The molecule has 2 heterocycles. The number of hydrogen-bond acceptors (Lipinski definition) is 5. The summed E-state index contributed by atoms with van der Waals surface area (Å²) < 4.78 is 10.6. The van der Waals surface area contributed by atoms with Gasteiger partial charge in [0.1, 0.15) is 11.5 Å². The molecule has 23 heavy (non-hydrogen) atoms. The van der Waals surface area contributed by atoms with E-state index in [0.29, 0.717) is 0 Å².